The molecule has 0 fully saturated rings. The van der Waals surface area contributed by atoms with E-state index in [0.717, 1.165) is 6.08 Å². The second-order valence-electron chi connectivity index (χ2n) is 1.36. The Morgan fingerprint density at radius 1 is 1.60 bits per heavy atom. The average molecular weight is 166 g/mol. The Labute approximate surface area is 59.3 Å². The standard InChI is InChI=1S/C4H6O5S/c5-3(6)1-2-4(7)10(8)9/h1-2,4,7H,(H,5,6)(H,8,9). The van der Waals surface area contributed by atoms with Crippen LogP contribution in [0.4, 0.5) is 0 Å². The van der Waals surface area contributed by atoms with Crippen LogP contribution in [0.3, 0.4) is 0 Å². The minimum absolute atomic E-state index is 0.596. The maximum atomic E-state index is 9.93. The Morgan fingerprint density at radius 2 is 2.10 bits per heavy atom. The molecule has 0 aliphatic carbocycles. The highest BCUT2D eigenvalue weighted by Gasteiger charge is 2.04. The van der Waals surface area contributed by atoms with Crippen molar-refractivity contribution in [1.29, 1.82) is 0 Å². The SMILES string of the molecule is O=C(O)C=CC(O)S(=O)O. The van der Waals surface area contributed by atoms with E-state index in [1.807, 2.05) is 0 Å². The van der Waals surface area contributed by atoms with Gasteiger partial charge < -0.3 is 14.8 Å². The van der Waals surface area contributed by atoms with Gasteiger partial charge in [-0.1, -0.05) is 0 Å². The van der Waals surface area contributed by atoms with Crippen LogP contribution < -0.4 is 0 Å². The average Bonchev–Trinajstić information content (AvgIpc) is 1.82. The van der Waals surface area contributed by atoms with Gasteiger partial charge in [0.1, 0.15) is 0 Å². The van der Waals surface area contributed by atoms with Crippen molar-refractivity contribution in [3.8, 4) is 0 Å². The molecule has 0 amide bonds. The number of aliphatic carboxylic acids is 1. The van der Waals surface area contributed by atoms with Gasteiger partial charge in [-0.05, 0) is 6.08 Å². The first-order valence-corrected chi connectivity index (χ1v) is 3.40. The summed E-state index contributed by atoms with van der Waals surface area (Å²) in [5.74, 6) is -1.27. The molecule has 10 heavy (non-hydrogen) atoms. The number of carbonyl (C=O) groups is 1. The largest absolute Gasteiger partial charge is 0.478 e. The molecule has 0 aromatic rings. The fraction of sp³-hybridized carbons (Fsp3) is 0.250. The highest BCUT2D eigenvalue weighted by Crippen LogP contribution is 1.89. The van der Waals surface area contributed by atoms with Crippen LogP contribution in [-0.2, 0) is 15.9 Å². The fourth-order valence-corrected chi connectivity index (χ4v) is 0.445. The van der Waals surface area contributed by atoms with Crippen molar-refractivity contribution in [2.75, 3.05) is 0 Å². The molecular formula is C4H6O5S. The summed E-state index contributed by atoms with van der Waals surface area (Å²) in [4.78, 5) is 9.75. The Kier molecular flexibility index (Phi) is 3.85. The fourth-order valence-electron chi connectivity index (χ4n) is 0.232. The van der Waals surface area contributed by atoms with E-state index in [9.17, 15) is 9.00 Å². The summed E-state index contributed by atoms with van der Waals surface area (Å²) in [7, 11) is 0. The molecular weight excluding hydrogens is 160 g/mol. The third-order valence-corrected chi connectivity index (χ3v) is 1.18. The third kappa shape index (κ3) is 4.19. The zero-order valence-electron chi connectivity index (χ0n) is 4.80. The van der Waals surface area contributed by atoms with Crippen LogP contribution in [0.5, 0.6) is 0 Å². The van der Waals surface area contributed by atoms with Crippen molar-refractivity contribution >= 4 is 17.0 Å². The van der Waals surface area contributed by atoms with E-state index in [4.69, 9.17) is 14.8 Å². The van der Waals surface area contributed by atoms with Gasteiger partial charge in [-0.15, -0.1) is 0 Å². The summed E-state index contributed by atoms with van der Waals surface area (Å²) in [6.45, 7) is 0. The number of hydrogen-bond donors (Lipinski definition) is 3. The molecule has 0 saturated carbocycles. The first kappa shape index (κ1) is 9.28. The number of hydrogen-bond acceptors (Lipinski definition) is 3. The first-order valence-electron chi connectivity index (χ1n) is 2.23. The Morgan fingerprint density at radius 3 is 2.40 bits per heavy atom. The normalized spacial score (nSPS) is 17.0. The summed E-state index contributed by atoms with van der Waals surface area (Å²) in [6.07, 6.45) is 1.32. The Hall–Kier alpha value is -0.720. The maximum absolute atomic E-state index is 9.93. The summed E-state index contributed by atoms with van der Waals surface area (Å²) in [5, 5.41) is 16.4. The molecule has 0 aromatic carbocycles. The monoisotopic (exact) mass is 166 g/mol. The van der Waals surface area contributed by atoms with E-state index in [1.54, 1.807) is 0 Å². The van der Waals surface area contributed by atoms with Gasteiger partial charge in [0, 0.05) is 6.08 Å². The Bertz CT molecular complexity index is 174. The van der Waals surface area contributed by atoms with Gasteiger partial charge in [-0.3, -0.25) is 0 Å². The lowest BCUT2D eigenvalue weighted by molar-refractivity contribution is -0.131. The summed E-state index contributed by atoms with van der Waals surface area (Å²) in [6, 6.07) is 0. The molecule has 58 valence electrons. The molecule has 0 rings (SSSR count). The highest BCUT2D eigenvalue weighted by atomic mass is 32.2. The molecule has 0 aliphatic heterocycles. The topological polar surface area (TPSA) is 94.8 Å². The maximum Gasteiger partial charge on any atom is 0.328 e. The quantitative estimate of drug-likeness (QED) is 0.375. The molecule has 2 unspecified atom stereocenters. The highest BCUT2D eigenvalue weighted by molar-refractivity contribution is 7.79. The van der Waals surface area contributed by atoms with Gasteiger partial charge in [0.15, 0.2) is 16.5 Å². The van der Waals surface area contributed by atoms with E-state index in [0.29, 0.717) is 6.08 Å². The lowest BCUT2D eigenvalue weighted by Gasteiger charge is -1.94. The second kappa shape index (κ2) is 4.15. The van der Waals surface area contributed by atoms with Crippen LogP contribution >= 0.6 is 0 Å². The second-order valence-corrected chi connectivity index (χ2v) is 2.40. The molecule has 6 heteroatoms. The number of aliphatic hydroxyl groups excluding tert-OH is 1. The molecule has 3 N–H and O–H groups in total. The van der Waals surface area contributed by atoms with E-state index in [1.165, 1.54) is 0 Å². The molecule has 0 radical (unpaired) electrons. The Balaban J connectivity index is 3.89. The van der Waals surface area contributed by atoms with Crippen LogP contribution in [0.2, 0.25) is 0 Å². The van der Waals surface area contributed by atoms with Crippen molar-refractivity contribution in [3.63, 3.8) is 0 Å². The van der Waals surface area contributed by atoms with Crippen molar-refractivity contribution < 1.29 is 23.8 Å². The summed E-state index contributed by atoms with van der Waals surface area (Å²) >= 11 is -2.42. The number of carboxylic acids is 1. The van der Waals surface area contributed by atoms with Crippen molar-refractivity contribution in [2.45, 2.75) is 5.44 Å². The lowest BCUT2D eigenvalue weighted by atomic mass is 10.5. The number of rotatable bonds is 3. The zero-order valence-corrected chi connectivity index (χ0v) is 5.61. The lowest BCUT2D eigenvalue weighted by Crippen LogP contribution is -2.09. The molecule has 0 heterocycles. The first-order chi connectivity index (χ1) is 4.54. The number of carboxylic acid groups (broad SMARTS) is 1. The van der Waals surface area contributed by atoms with Crippen LogP contribution in [0.1, 0.15) is 0 Å². The minimum Gasteiger partial charge on any atom is -0.478 e. The summed E-state index contributed by atoms with van der Waals surface area (Å²) in [5.41, 5.74) is -1.63. The van der Waals surface area contributed by atoms with Crippen LogP contribution in [-0.4, -0.2) is 30.4 Å². The van der Waals surface area contributed by atoms with Crippen LogP contribution in [0, 0.1) is 0 Å². The molecule has 0 saturated heterocycles. The van der Waals surface area contributed by atoms with Crippen molar-refractivity contribution in [3.05, 3.63) is 12.2 Å². The van der Waals surface area contributed by atoms with Gasteiger partial charge in [0.25, 0.3) is 0 Å². The molecule has 0 spiro atoms. The predicted octanol–water partition coefficient (Wildman–Crippen LogP) is -0.833. The molecule has 0 bridgehead atoms. The molecule has 0 aliphatic rings. The van der Waals surface area contributed by atoms with Gasteiger partial charge in [0.2, 0.25) is 0 Å². The van der Waals surface area contributed by atoms with Crippen LogP contribution in [0.25, 0.3) is 0 Å². The molecule has 0 aromatic heterocycles. The predicted molar refractivity (Wildman–Crippen MR) is 33.6 cm³/mol. The zero-order chi connectivity index (χ0) is 8.15. The van der Waals surface area contributed by atoms with E-state index in [-0.39, 0.29) is 0 Å². The van der Waals surface area contributed by atoms with Crippen molar-refractivity contribution in [2.24, 2.45) is 0 Å². The number of aliphatic hydroxyl groups is 1. The van der Waals surface area contributed by atoms with E-state index < -0.39 is 22.5 Å². The third-order valence-electron chi connectivity index (χ3n) is 0.610. The summed E-state index contributed by atoms with van der Waals surface area (Å²) < 4.78 is 18.0. The van der Waals surface area contributed by atoms with E-state index in [2.05, 4.69) is 0 Å². The van der Waals surface area contributed by atoms with Gasteiger partial charge in [-0.2, -0.15) is 0 Å². The smallest absolute Gasteiger partial charge is 0.328 e. The van der Waals surface area contributed by atoms with Gasteiger partial charge in [-0.25, -0.2) is 9.00 Å². The van der Waals surface area contributed by atoms with Crippen LogP contribution in [0.15, 0.2) is 12.2 Å². The van der Waals surface area contributed by atoms with Gasteiger partial charge >= 0.3 is 5.97 Å². The van der Waals surface area contributed by atoms with Crippen molar-refractivity contribution in [1.82, 2.24) is 0 Å². The van der Waals surface area contributed by atoms with E-state index >= 15 is 0 Å². The van der Waals surface area contributed by atoms with Gasteiger partial charge in [0.05, 0.1) is 0 Å². The minimum atomic E-state index is -2.42. The molecule has 5 nitrogen and oxygen atoms in total. The molecule has 2 atom stereocenters.